The molecular weight excluding hydrogens is 573 g/mol. The maximum atomic E-state index is 14.3. The number of hydrogen-bond acceptors (Lipinski definition) is 9. The topological polar surface area (TPSA) is 96.0 Å². The zero-order valence-corrected chi connectivity index (χ0v) is 26.5. The van der Waals surface area contributed by atoms with E-state index in [9.17, 15) is 9.18 Å². The standard InChI is InChI=1S/C34H44FN7O3/c1-4-42(23(2)3)34(43)27-19-24(35)5-6-30(27)45-32-20-36-22-39-33(32)41-17-10-26(11-18-41)44-31-8-14-38-29-12-16-40(21-28(29)31)15-9-25-7-13-37-25/h5-6,8,14,19-20,22-23,25-26,37H,4,7,9-13,15-18,21H2,1-3H3/t25-/m1/s1. The highest BCUT2D eigenvalue weighted by Crippen LogP contribution is 2.35. The minimum Gasteiger partial charge on any atom is -0.490 e. The zero-order valence-electron chi connectivity index (χ0n) is 26.5. The van der Waals surface area contributed by atoms with Gasteiger partial charge in [0.05, 0.1) is 11.8 Å². The maximum absolute atomic E-state index is 14.3. The lowest BCUT2D eigenvalue weighted by atomic mass is 10.0. The maximum Gasteiger partial charge on any atom is 0.257 e. The van der Waals surface area contributed by atoms with E-state index in [-0.39, 0.29) is 29.4 Å². The Morgan fingerprint density at radius 1 is 1.11 bits per heavy atom. The van der Waals surface area contributed by atoms with Crippen molar-refractivity contribution in [1.29, 1.82) is 0 Å². The fourth-order valence-corrected chi connectivity index (χ4v) is 6.46. The van der Waals surface area contributed by atoms with Crippen molar-refractivity contribution in [1.82, 2.24) is 30.1 Å². The molecule has 2 saturated heterocycles. The number of aromatic nitrogens is 3. The van der Waals surface area contributed by atoms with E-state index < -0.39 is 5.82 Å². The Labute approximate surface area is 265 Å². The van der Waals surface area contributed by atoms with Gasteiger partial charge < -0.3 is 24.6 Å². The van der Waals surface area contributed by atoms with E-state index in [0.717, 1.165) is 70.0 Å². The number of nitrogens with one attached hydrogen (secondary N) is 1. The highest BCUT2D eigenvalue weighted by molar-refractivity contribution is 5.97. The number of benzene rings is 1. The van der Waals surface area contributed by atoms with E-state index in [2.05, 4.69) is 30.1 Å². The molecule has 0 saturated carbocycles. The van der Waals surface area contributed by atoms with Crippen molar-refractivity contribution < 1.29 is 18.7 Å². The second kappa shape index (κ2) is 14.1. The molecule has 5 heterocycles. The van der Waals surface area contributed by atoms with Gasteiger partial charge in [0.1, 0.15) is 29.7 Å². The van der Waals surface area contributed by atoms with Gasteiger partial charge in [0.15, 0.2) is 11.6 Å². The number of carbonyl (C=O) groups excluding carboxylic acids is 1. The van der Waals surface area contributed by atoms with Crippen molar-refractivity contribution in [2.45, 2.75) is 77.6 Å². The van der Waals surface area contributed by atoms with Crippen LogP contribution in [0.1, 0.15) is 68.1 Å². The Morgan fingerprint density at radius 3 is 2.67 bits per heavy atom. The van der Waals surface area contributed by atoms with E-state index >= 15 is 0 Å². The first-order valence-corrected chi connectivity index (χ1v) is 16.3. The normalized spacial score (nSPS) is 18.8. The third kappa shape index (κ3) is 7.20. The third-order valence-corrected chi connectivity index (χ3v) is 9.18. The van der Waals surface area contributed by atoms with Gasteiger partial charge in [0.25, 0.3) is 5.91 Å². The Morgan fingerprint density at radius 2 is 1.93 bits per heavy atom. The molecule has 6 rings (SSSR count). The highest BCUT2D eigenvalue weighted by atomic mass is 19.1. The lowest BCUT2D eigenvalue weighted by molar-refractivity contribution is 0.0713. The van der Waals surface area contributed by atoms with Crippen LogP contribution in [0.4, 0.5) is 10.2 Å². The smallest absolute Gasteiger partial charge is 0.257 e. The van der Waals surface area contributed by atoms with Crippen molar-refractivity contribution in [3.05, 3.63) is 65.6 Å². The van der Waals surface area contributed by atoms with Gasteiger partial charge in [-0.05, 0) is 71.0 Å². The number of ether oxygens (including phenoxy) is 2. The number of halogens is 1. The average molecular weight is 618 g/mol. The molecule has 1 aromatic carbocycles. The van der Waals surface area contributed by atoms with Crippen LogP contribution in [0.2, 0.25) is 0 Å². The van der Waals surface area contributed by atoms with Gasteiger partial charge in [-0.15, -0.1) is 0 Å². The number of rotatable bonds is 11. The Bertz CT molecular complexity index is 1480. The summed E-state index contributed by atoms with van der Waals surface area (Å²) in [5, 5.41) is 3.51. The van der Waals surface area contributed by atoms with Crippen molar-refractivity contribution in [3.8, 4) is 17.2 Å². The number of fused-ring (bicyclic) bond motifs is 1. The Hall–Kier alpha value is -3.83. The molecule has 10 nitrogen and oxygen atoms in total. The number of nitrogens with zero attached hydrogens (tertiary/aromatic N) is 6. The molecule has 2 aromatic heterocycles. The van der Waals surface area contributed by atoms with Crippen LogP contribution in [-0.4, -0.2) is 88.1 Å². The minimum absolute atomic E-state index is 0.0381. The van der Waals surface area contributed by atoms with Crippen LogP contribution >= 0.6 is 0 Å². The van der Waals surface area contributed by atoms with Crippen LogP contribution in [-0.2, 0) is 13.0 Å². The van der Waals surface area contributed by atoms with Crippen molar-refractivity contribution in [2.75, 3.05) is 44.2 Å². The number of anilines is 1. The van der Waals surface area contributed by atoms with Gasteiger partial charge in [-0.2, -0.15) is 0 Å². The summed E-state index contributed by atoms with van der Waals surface area (Å²) in [5.41, 5.74) is 2.55. The predicted octanol–water partition coefficient (Wildman–Crippen LogP) is 4.83. The van der Waals surface area contributed by atoms with Gasteiger partial charge in [0, 0.05) is 81.5 Å². The van der Waals surface area contributed by atoms with Crippen LogP contribution < -0.4 is 19.7 Å². The molecule has 1 atom stereocenters. The van der Waals surface area contributed by atoms with Crippen LogP contribution in [0, 0.1) is 5.82 Å². The lowest BCUT2D eigenvalue weighted by Crippen LogP contribution is -2.45. The summed E-state index contributed by atoms with van der Waals surface area (Å²) in [6.07, 6.45) is 10.1. The Kier molecular flexibility index (Phi) is 9.75. The molecule has 0 bridgehead atoms. The third-order valence-electron chi connectivity index (χ3n) is 9.18. The van der Waals surface area contributed by atoms with E-state index in [1.165, 1.54) is 42.9 Å². The summed E-state index contributed by atoms with van der Waals surface area (Å²) in [7, 11) is 0. The van der Waals surface area contributed by atoms with Gasteiger partial charge in [-0.3, -0.25) is 14.7 Å². The van der Waals surface area contributed by atoms with E-state index in [1.807, 2.05) is 33.0 Å². The molecule has 240 valence electrons. The molecule has 0 unspecified atom stereocenters. The summed E-state index contributed by atoms with van der Waals surface area (Å²) in [6.45, 7) is 11.9. The van der Waals surface area contributed by atoms with Crippen molar-refractivity contribution >= 4 is 11.7 Å². The minimum atomic E-state index is -0.494. The molecule has 11 heteroatoms. The quantitative estimate of drug-likeness (QED) is 0.325. The second-order valence-corrected chi connectivity index (χ2v) is 12.4. The molecule has 45 heavy (non-hydrogen) atoms. The number of hydrogen-bond donors (Lipinski definition) is 1. The van der Waals surface area contributed by atoms with Crippen LogP contribution in [0.5, 0.6) is 17.2 Å². The van der Waals surface area contributed by atoms with Crippen LogP contribution in [0.3, 0.4) is 0 Å². The summed E-state index contributed by atoms with van der Waals surface area (Å²) in [5.74, 6) is 1.51. The largest absolute Gasteiger partial charge is 0.490 e. The fourth-order valence-electron chi connectivity index (χ4n) is 6.46. The summed E-state index contributed by atoms with van der Waals surface area (Å²) < 4.78 is 27.2. The van der Waals surface area contributed by atoms with Crippen LogP contribution in [0.25, 0.3) is 0 Å². The second-order valence-electron chi connectivity index (χ2n) is 12.4. The first-order chi connectivity index (χ1) is 21.9. The molecule has 3 aliphatic rings. The predicted molar refractivity (Wildman–Crippen MR) is 170 cm³/mol. The van der Waals surface area contributed by atoms with Gasteiger partial charge in [-0.1, -0.05) is 0 Å². The lowest BCUT2D eigenvalue weighted by Gasteiger charge is -2.35. The summed E-state index contributed by atoms with van der Waals surface area (Å²) >= 11 is 0. The molecular formula is C34H44FN7O3. The molecule has 0 aliphatic carbocycles. The zero-order chi connectivity index (χ0) is 31.3. The first kappa shape index (κ1) is 31.2. The number of pyridine rings is 1. The molecule has 1 N–H and O–H groups in total. The monoisotopic (exact) mass is 617 g/mol. The molecule has 0 spiro atoms. The molecule has 3 aliphatic heterocycles. The molecule has 3 aromatic rings. The highest BCUT2D eigenvalue weighted by Gasteiger charge is 2.28. The molecule has 2 fully saturated rings. The van der Waals surface area contributed by atoms with Gasteiger partial charge in [-0.25, -0.2) is 14.4 Å². The average Bonchev–Trinajstić information content (AvgIpc) is 3.02. The van der Waals surface area contributed by atoms with E-state index in [4.69, 9.17) is 9.47 Å². The number of carbonyl (C=O) groups is 1. The first-order valence-electron chi connectivity index (χ1n) is 16.3. The van der Waals surface area contributed by atoms with E-state index in [0.29, 0.717) is 24.2 Å². The van der Waals surface area contributed by atoms with Gasteiger partial charge >= 0.3 is 0 Å². The summed E-state index contributed by atoms with van der Waals surface area (Å²) in [6, 6.07) is 6.67. The fraction of sp³-hybridized carbons (Fsp3) is 0.529. The van der Waals surface area contributed by atoms with Crippen molar-refractivity contribution in [3.63, 3.8) is 0 Å². The van der Waals surface area contributed by atoms with Gasteiger partial charge in [0.2, 0.25) is 0 Å². The van der Waals surface area contributed by atoms with Crippen LogP contribution in [0.15, 0.2) is 43.0 Å². The SMILES string of the molecule is CCN(C(=O)c1cc(F)ccc1Oc1cncnc1N1CCC(Oc2ccnc3c2CN(CC[C@H]2CCN2)CC3)CC1)C(C)C. The number of amides is 1. The van der Waals surface area contributed by atoms with E-state index in [1.54, 1.807) is 11.1 Å². The Balaban J connectivity index is 1.11. The molecule has 1 amide bonds. The summed E-state index contributed by atoms with van der Waals surface area (Å²) in [4.78, 5) is 33.1. The number of piperidine rings is 1. The molecule has 0 radical (unpaired) electrons. The van der Waals surface area contributed by atoms with Crippen molar-refractivity contribution in [2.24, 2.45) is 0 Å².